The van der Waals surface area contributed by atoms with Gasteiger partial charge in [0.2, 0.25) is 5.82 Å². The van der Waals surface area contributed by atoms with Gasteiger partial charge in [-0.2, -0.15) is 0 Å². The zero-order valence-electron chi connectivity index (χ0n) is 8.38. The van der Waals surface area contributed by atoms with E-state index in [4.69, 9.17) is 4.42 Å². The first-order chi connectivity index (χ1) is 7.74. The van der Waals surface area contributed by atoms with Crippen LogP contribution in [0.1, 0.15) is 0 Å². The Morgan fingerprint density at radius 3 is 2.88 bits per heavy atom. The number of furan rings is 1. The summed E-state index contributed by atoms with van der Waals surface area (Å²) in [5.41, 5.74) is -0.0331. The Morgan fingerprint density at radius 2 is 2.31 bits per heavy atom. The van der Waals surface area contributed by atoms with Crippen LogP contribution in [0.3, 0.4) is 0 Å². The van der Waals surface area contributed by atoms with Gasteiger partial charge in [-0.05, 0) is 12.1 Å². The predicted octanol–water partition coefficient (Wildman–Crippen LogP) is 1.69. The molecule has 0 aromatic carbocycles. The van der Waals surface area contributed by atoms with Crippen molar-refractivity contribution in [2.45, 2.75) is 0 Å². The van der Waals surface area contributed by atoms with E-state index < -0.39 is 4.92 Å². The summed E-state index contributed by atoms with van der Waals surface area (Å²) in [5.74, 6) is 0.497. The van der Waals surface area contributed by atoms with Crippen LogP contribution in [-0.2, 0) is 0 Å². The van der Waals surface area contributed by atoms with Crippen LogP contribution < -0.4 is 5.32 Å². The molecule has 2 aromatic rings. The Balaban J connectivity index is 2.65. The number of hydrogen-bond donors (Lipinski definition) is 1. The van der Waals surface area contributed by atoms with Crippen LogP contribution >= 0.6 is 0 Å². The zero-order valence-corrected chi connectivity index (χ0v) is 8.38. The van der Waals surface area contributed by atoms with E-state index in [1.807, 2.05) is 0 Å². The summed E-state index contributed by atoms with van der Waals surface area (Å²) in [6, 6.07) is 3.25. The van der Waals surface area contributed by atoms with Crippen LogP contribution in [0.15, 0.2) is 29.1 Å². The van der Waals surface area contributed by atoms with E-state index in [2.05, 4.69) is 15.3 Å². The molecule has 82 valence electrons. The minimum atomic E-state index is -0.538. The lowest BCUT2D eigenvalue weighted by atomic mass is 10.2. The molecular weight excluding hydrogens is 212 g/mol. The molecule has 2 heterocycles. The smallest absolute Gasteiger partial charge is 0.340 e. The molecule has 0 saturated carbocycles. The molecule has 16 heavy (non-hydrogen) atoms. The Kier molecular flexibility index (Phi) is 2.50. The molecule has 0 aliphatic heterocycles. The Morgan fingerprint density at radius 1 is 1.50 bits per heavy atom. The van der Waals surface area contributed by atoms with Crippen molar-refractivity contribution in [2.24, 2.45) is 0 Å². The fourth-order valence-corrected chi connectivity index (χ4v) is 1.33. The van der Waals surface area contributed by atoms with Crippen molar-refractivity contribution in [1.29, 1.82) is 0 Å². The normalized spacial score (nSPS) is 10.1. The molecule has 2 aromatic heterocycles. The van der Waals surface area contributed by atoms with Crippen LogP contribution in [0.5, 0.6) is 0 Å². The van der Waals surface area contributed by atoms with Crippen molar-refractivity contribution < 1.29 is 9.34 Å². The molecule has 0 bridgehead atoms. The number of aromatic nitrogens is 2. The fourth-order valence-electron chi connectivity index (χ4n) is 1.33. The number of rotatable bonds is 3. The second-order valence-corrected chi connectivity index (χ2v) is 2.90. The summed E-state index contributed by atoms with van der Waals surface area (Å²) in [6.07, 6.45) is 2.68. The van der Waals surface area contributed by atoms with Crippen LogP contribution in [-0.4, -0.2) is 21.9 Å². The highest BCUT2D eigenvalue weighted by Gasteiger charge is 2.24. The maximum atomic E-state index is 10.9. The number of hydrogen-bond acceptors (Lipinski definition) is 6. The minimum absolute atomic E-state index is 0.159. The van der Waals surface area contributed by atoms with Crippen molar-refractivity contribution >= 4 is 11.5 Å². The Bertz CT molecular complexity index is 509. The first-order valence-electron chi connectivity index (χ1n) is 4.45. The predicted molar refractivity (Wildman–Crippen MR) is 55.9 cm³/mol. The molecule has 0 fully saturated rings. The molecule has 1 N–H and O–H groups in total. The number of nitrogens with zero attached hydrogens (tertiary/aromatic N) is 3. The topological polar surface area (TPSA) is 94.1 Å². The second-order valence-electron chi connectivity index (χ2n) is 2.90. The summed E-state index contributed by atoms with van der Waals surface area (Å²) in [7, 11) is 1.56. The van der Waals surface area contributed by atoms with Crippen molar-refractivity contribution in [1.82, 2.24) is 9.97 Å². The van der Waals surface area contributed by atoms with Crippen molar-refractivity contribution in [2.75, 3.05) is 12.4 Å². The van der Waals surface area contributed by atoms with Crippen LogP contribution in [0.2, 0.25) is 0 Å². The number of nitrogens with one attached hydrogen (secondary N) is 1. The highest BCUT2D eigenvalue weighted by molar-refractivity contribution is 5.73. The van der Waals surface area contributed by atoms with Gasteiger partial charge in [-0.15, -0.1) is 0 Å². The van der Waals surface area contributed by atoms with E-state index in [-0.39, 0.29) is 17.2 Å². The molecule has 7 nitrogen and oxygen atoms in total. The van der Waals surface area contributed by atoms with E-state index in [9.17, 15) is 10.1 Å². The third-order valence-corrected chi connectivity index (χ3v) is 2.00. The second kappa shape index (κ2) is 3.97. The van der Waals surface area contributed by atoms with Crippen molar-refractivity contribution in [3.05, 3.63) is 34.8 Å². The third kappa shape index (κ3) is 1.58. The van der Waals surface area contributed by atoms with Gasteiger partial charge in [0.05, 0.1) is 11.2 Å². The molecule has 7 heteroatoms. The molecule has 0 aliphatic carbocycles. The van der Waals surface area contributed by atoms with E-state index in [1.165, 1.54) is 12.6 Å². The van der Waals surface area contributed by atoms with Crippen LogP contribution in [0.4, 0.5) is 11.5 Å². The molecular formula is C9H8N4O3. The van der Waals surface area contributed by atoms with Gasteiger partial charge in [0.1, 0.15) is 6.33 Å². The first-order valence-corrected chi connectivity index (χ1v) is 4.45. The third-order valence-electron chi connectivity index (χ3n) is 2.00. The average molecular weight is 220 g/mol. The quantitative estimate of drug-likeness (QED) is 0.624. The van der Waals surface area contributed by atoms with E-state index in [1.54, 1.807) is 19.2 Å². The summed E-state index contributed by atoms with van der Waals surface area (Å²) < 4.78 is 5.09. The van der Waals surface area contributed by atoms with Gasteiger partial charge in [-0.1, -0.05) is 0 Å². The maximum Gasteiger partial charge on any atom is 0.340 e. The SMILES string of the molecule is CNc1ncnc(-c2ccco2)c1[N+](=O)[O-]. The van der Waals surface area contributed by atoms with E-state index in [0.29, 0.717) is 5.76 Å². The van der Waals surface area contributed by atoms with E-state index in [0.717, 1.165) is 0 Å². The molecule has 0 spiro atoms. The van der Waals surface area contributed by atoms with Gasteiger partial charge in [0, 0.05) is 7.05 Å². The lowest BCUT2D eigenvalue weighted by Gasteiger charge is -2.03. The fraction of sp³-hybridized carbons (Fsp3) is 0.111. The number of nitro groups is 1. The summed E-state index contributed by atoms with van der Waals surface area (Å²) in [4.78, 5) is 18.1. The Labute approximate surface area is 90.3 Å². The molecule has 0 saturated heterocycles. The van der Waals surface area contributed by atoms with Gasteiger partial charge in [0.15, 0.2) is 11.5 Å². The molecule has 0 aliphatic rings. The standard InChI is InChI=1S/C9H8N4O3/c1-10-9-8(13(14)15)7(11-5-12-9)6-3-2-4-16-6/h2-5H,1H3,(H,10,11,12). The largest absolute Gasteiger partial charge is 0.462 e. The Hall–Kier alpha value is -2.44. The van der Waals surface area contributed by atoms with Gasteiger partial charge in [0.25, 0.3) is 0 Å². The lowest BCUT2D eigenvalue weighted by Crippen LogP contribution is -2.02. The van der Waals surface area contributed by atoms with Gasteiger partial charge >= 0.3 is 5.69 Å². The monoisotopic (exact) mass is 220 g/mol. The highest BCUT2D eigenvalue weighted by Crippen LogP contribution is 2.32. The summed E-state index contributed by atoms with van der Waals surface area (Å²) in [5, 5.41) is 13.6. The van der Waals surface area contributed by atoms with Gasteiger partial charge in [-0.25, -0.2) is 9.97 Å². The van der Waals surface area contributed by atoms with Crippen LogP contribution in [0.25, 0.3) is 11.5 Å². The average Bonchev–Trinajstić information content (AvgIpc) is 2.81. The molecule has 2 rings (SSSR count). The molecule has 0 radical (unpaired) electrons. The summed E-state index contributed by atoms with van der Waals surface area (Å²) in [6.45, 7) is 0. The maximum absolute atomic E-state index is 10.9. The molecule has 0 unspecified atom stereocenters. The van der Waals surface area contributed by atoms with Crippen molar-refractivity contribution in [3.8, 4) is 11.5 Å². The van der Waals surface area contributed by atoms with Gasteiger partial charge in [-0.3, -0.25) is 10.1 Å². The molecule has 0 amide bonds. The van der Waals surface area contributed by atoms with Gasteiger partial charge < -0.3 is 9.73 Å². The number of anilines is 1. The first kappa shape index (κ1) is 10.1. The lowest BCUT2D eigenvalue weighted by molar-refractivity contribution is -0.383. The molecule has 0 atom stereocenters. The van der Waals surface area contributed by atoms with Crippen molar-refractivity contribution in [3.63, 3.8) is 0 Å². The van der Waals surface area contributed by atoms with E-state index >= 15 is 0 Å². The highest BCUT2D eigenvalue weighted by atomic mass is 16.6. The zero-order chi connectivity index (χ0) is 11.5. The minimum Gasteiger partial charge on any atom is -0.462 e. The summed E-state index contributed by atoms with van der Waals surface area (Å²) >= 11 is 0. The van der Waals surface area contributed by atoms with Crippen LogP contribution in [0, 0.1) is 10.1 Å².